The van der Waals surface area contributed by atoms with Crippen molar-refractivity contribution in [2.24, 2.45) is 0 Å². The van der Waals surface area contributed by atoms with Crippen molar-refractivity contribution in [3.05, 3.63) is 138 Å². The minimum Gasteiger partial charge on any atom is -0.472 e. The number of aromatic amines is 2. The maximum Gasteiger partial charge on any atom is 0.407 e. The van der Waals surface area contributed by atoms with Crippen LogP contribution in [-0.4, -0.2) is 85.6 Å². The fourth-order valence-electron chi connectivity index (χ4n) is 9.44. The molecule has 3 aliphatic heterocycles. The van der Waals surface area contributed by atoms with E-state index in [9.17, 15) is 19.2 Å². The van der Waals surface area contributed by atoms with Gasteiger partial charge in [-0.2, -0.15) is 0 Å². The first kappa shape index (κ1) is 41.1. The molecule has 330 valence electrons. The largest absolute Gasteiger partial charge is 0.472 e. The Morgan fingerprint density at radius 3 is 1.74 bits per heavy atom. The Morgan fingerprint density at radius 1 is 0.677 bits per heavy atom. The van der Waals surface area contributed by atoms with Crippen molar-refractivity contribution in [3.63, 3.8) is 0 Å². The highest BCUT2D eigenvalue weighted by Gasteiger charge is 2.39. The van der Waals surface area contributed by atoms with Gasteiger partial charge in [0.2, 0.25) is 0 Å². The predicted molar refractivity (Wildman–Crippen MR) is 240 cm³/mol. The van der Waals surface area contributed by atoms with E-state index in [0.717, 1.165) is 76.1 Å². The van der Waals surface area contributed by atoms with E-state index in [-0.39, 0.29) is 23.9 Å². The van der Waals surface area contributed by atoms with Crippen molar-refractivity contribution in [1.82, 2.24) is 44.9 Å². The first-order valence-electron chi connectivity index (χ1n) is 21.7. The molecule has 4 amide bonds. The van der Waals surface area contributed by atoms with Gasteiger partial charge in [-0.1, -0.05) is 72.8 Å². The monoisotopic (exact) mass is 873 g/mol. The lowest BCUT2D eigenvalue weighted by atomic mass is 10.0. The third-order valence-corrected chi connectivity index (χ3v) is 12.7. The lowest BCUT2D eigenvalue weighted by Crippen LogP contribution is -2.42. The van der Waals surface area contributed by atoms with Crippen molar-refractivity contribution in [3.8, 4) is 39.5 Å². The summed E-state index contributed by atoms with van der Waals surface area (Å²) in [6, 6.07) is 30.5. The van der Waals surface area contributed by atoms with Gasteiger partial charge in [-0.25, -0.2) is 19.6 Å². The average Bonchev–Trinajstić information content (AvgIpc) is 4.21. The Bertz CT molecular complexity index is 2910. The van der Waals surface area contributed by atoms with Gasteiger partial charge >= 0.3 is 12.2 Å². The Labute approximate surface area is 373 Å². The highest BCUT2D eigenvalue weighted by Crippen LogP contribution is 2.42. The number of fused-ring (bicyclic) bond motifs is 5. The van der Waals surface area contributed by atoms with Crippen LogP contribution in [0.5, 0.6) is 5.75 Å². The molecule has 4 aromatic carbocycles. The van der Waals surface area contributed by atoms with E-state index in [4.69, 9.17) is 24.2 Å². The van der Waals surface area contributed by atoms with Gasteiger partial charge < -0.3 is 49.2 Å². The molecule has 7 aromatic rings. The van der Waals surface area contributed by atoms with Gasteiger partial charge in [0.1, 0.15) is 29.5 Å². The average molecular weight is 874 g/mol. The molecule has 65 heavy (non-hydrogen) atoms. The summed E-state index contributed by atoms with van der Waals surface area (Å²) >= 11 is 0. The summed E-state index contributed by atoms with van der Waals surface area (Å²) in [5.74, 6) is 1.66. The van der Waals surface area contributed by atoms with Crippen LogP contribution in [0, 0.1) is 0 Å². The zero-order chi connectivity index (χ0) is 44.6. The number of amides is 4. The second-order valence-corrected chi connectivity index (χ2v) is 16.4. The van der Waals surface area contributed by atoms with Crippen LogP contribution in [0.15, 0.2) is 116 Å². The number of ether oxygens (including phenoxy) is 3. The smallest absolute Gasteiger partial charge is 0.407 e. The number of imidazole rings is 2. The zero-order valence-corrected chi connectivity index (χ0v) is 35.8. The van der Waals surface area contributed by atoms with E-state index in [1.165, 1.54) is 14.2 Å². The standard InChI is InChI=1S/C49H47N9O7/c1-63-48(61)54-42(29-11-5-3-6-12-29)46(59)56-21-9-15-38(56)44-50-26-35(52-44)31-18-20-37-33(23-31)24-40-34-19-17-32(25-41(34)65-28-58(37)40)36-27-51-45(53-36)39-16-10-22-57(39)47(60)43(55-49(62)64-2)30-13-7-4-8-14-30/h3-8,11-14,17-20,23-27,38-39,42-43H,9-10,15-16,21-22,28H2,1-2H3,(H,50,52)(H,51,53)(H,54,61)(H,55,62)/t38-,39?,42+,43+/m0/s1. The molecule has 1 unspecified atom stereocenters. The quantitative estimate of drug-likeness (QED) is 0.106. The van der Waals surface area contributed by atoms with Crippen molar-refractivity contribution in [1.29, 1.82) is 0 Å². The number of nitrogens with zero attached hydrogens (tertiary/aromatic N) is 5. The molecule has 3 aliphatic rings. The van der Waals surface area contributed by atoms with Crippen LogP contribution in [0.1, 0.15) is 72.6 Å². The Balaban J connectivity index is 0.860. The normalized spacial score (nSPS) is 17.4. The molecule has 4 atom stereocenters. The van der Waals surface area contributed by atoms with Gasteiger partial charge in [0.25, 0.3) is 11.8 Å². The molecule has 0 bridgehead atoms. The van der Waals surface area contributed by atoms with E-state index in [0.29, 0.717) is 42.6 Å². The van der Waals surface area contributed by atoms with E-state index < -0.39 is 24.3 Å². The highest BCUT2D eigenvalue weighted by molar-refractivity contribution is 5.92. The van der Waals surface area contributed by atoms with E-state index in [1.807, 2.05) is 79.0 Å². The van der Waals surface area contributed by atoms with Crippen molar-refractivity contribution in [2.45, 2.75) is 56.6 Å². The number of hydrogen-bond acceptors (Lipinski definition) is 9. The van der Waals surface area contributed by atoms with Gasteiger partial charge in [0.05, 0.1) is 61.3 Å². The van der Waals surface area contributed by atoms with Crippen molar-refractivity contribution >= 4 is 34.9 Å². The van der Waals surface area contributed by atoms with E-state index in [2.05, 4.69) is 55.5 Å². The Kier molecular flexibility index (Phi) is 11.0. The number of likely N-dealkylation sites (tertiary alicyclic amines) is 2. The molecule has 6 heterocycles. The lowest BCUT2D eigenvalue weighted by Gasteiger charge is -2.28. The molecule has 2 saturated heterocycles. The number of nitrogens with one attached hydrogen (secondary N) is 4. The van der Waals surface area contributed by atoms with Crippen molar-refractivity contribution in [2.75, 3.05) is 27.3 Å². The minimum atomic E-state index is -0.900. The number of benzene rings is 4. The first-order chi connectivity index (χ1) is 31.8. The number of hydrogen-bond donors (Lipinski definition) is 4. The number of H-pyrrole nitrogens is 2. The zero-order valence-electron chi connectivity index (χ0n) is 35.8. The van der Waals surface area contributed by atoms with Crippen LogP contribution in [0.25, 0.3) is 44.7 Å². The minimum absolute atomic E-state index is 0.221. The number of carbonyl (C=O) groups excluding carboxylic acids is 4. The van der Waals surface area contributed by atoms with Crippen LogP contribution in [0.3, 0.4) is 0 Å². The molecule has 2 fully saturated rings. The summed E-state index contributed by atoms with van der Waals surface area (Å²) in [5.41, 5.74) is 7.84. The first-order valence-corrected chi connectivity index (χ1v) is 21.7. The third-order valence-electron chi connectivity index (χ3n) is 12.7. The maximum absolute atomic E-state index is 14.0. The van der Waals surface area contributed by atoms with Crippen LogP contribution >= 0.6 is 0 Å². The lowest BCUT2D eigenvalue weighted by molar-refractivity contribution is -0.135. The van der Waals surface area contributed by atoms with E-state index >= 15 is 0 Å². The molecular formula is C49H47N9O7. The van der Waals surface area contributed by atoms with Gasteiger partial charge in [-0.3, -0.25) is 9.59 Å². The second-order valence-electron chi connectivity index (χ2n) is 16.4. The van der Waals surface area contributed by atoms with Crippen LogP contribution < -0.4 is 15.4 Å². The maximum atomic E-state index is 14.0. The number of rotatable bonds is 10. The predicted octanol–water partition coefficient (Wildman–Crippen LogP) is 7.96. The molecule has 16 nitrogen and oxygen atoms in total. The van der Waals surface area contributed by atoms with Gasteiger partial charge in [-0.15, -0.1) is 0 Å². The van der Waals surface area contributed by atoms with Crippen molar-refractivity contribution < 1.29 is 33.4 Å². The number of carbonyl (C=O) groups is 4. The molecule has 10 rings (SSSR count). The molecule has 0 radical (unpaired) electrons. The summed E-state index contributed by atoms with van der Waals surface area (Å²) < 4.78 is 18.2. The second kappa shape index (κ2) is 17.4. The number of aromatic nitrogens is 5. The van der Waals surface area contributed by atoms with Crippen LogP contribution in [0.2, 0.25) is 0 Å². The van der Waals surface area contributed by atoms with Gasteiger partial charge in [0.15, 0.2) is 6.73 Å². The van der Waals surface area contributed by atoms with Crippen LogP contribution in [0.4, 0.5) is 9.59 Å². The fraction of sp³-hybridized carbons (Fsp3) is 0.265. The molecule has 0 spiro atoms. The number of methoxy groups -OCH3 is 2. The molecule has 4 N–H and O–H groups in total. The molecule has 0 aliphatic carbocycles. The van der Waals surface area contributed by atoms with Gasteiger partial charge in [-0.05, 0) is 67.1 Å². The molecule has 3 aromatic heterocycles. The van der Waals surface area contributed by atoms with E-state index in [1.54, 1.807) is 16.0 Å². The molecular weight excluding hydrogens is 827 g/mol. The highest BCUT2D eigenvalue weighted by atomic mass is 16.5. The third kappa shape index (κ3) is 7.81. The Hall–Kier alpha value is -7.88. The van der Waals surface area contributed by atoms with Crippen LogP contribution in [-0.2, 0) is 25.8 Å². The SMILES string of the molecule is COC(=O)N[C@@H](C(=O)N1CCCC1c1ncc(-c2ccc3c(c2)OCn2c-3cc3cc(-c4cnc([C@@H]5CCCN5C(=O)[C@H](NC(=O)OC)c5ccccc5)[nH]4)ccc32)[nH]1)c1ccccc1. The number of alkyl carbamates (subject to hydrolysis) is 2. The molecule has 0 saturated carbocycles. The summed E-state index contributed by atoms with van der Waals surface area (Å²) in [6.45, 7) is 1.41. The summed E-state index contributed by atoms with van der Waals surface area (Å²) in [5, 5.41) is 6.48. The van der Waals surface area contributed by atoms with Gasteiger partial charge in [0, 0.05) is 35.2 Å². The summed E-state index contributed by atoms with van der Waals surface area (Å²) in [6.07, 6.45) is 5.30. The summed E-state index contributed by atoms with van der Waals surface area (Å²) in [4.78, 5) is 72.7. The fourth-order valence-corrected chi connectivity index (χ4v) is 9.44. The Morgan fingerprint density at radius 2 is 1.20 bits per heavy atom. The summed E-state index contributed by atoms with van der Waals surface area (Å²) in [7, 11) is 2.56. The topological polar surface area (TPSA) is 189 Å². The molecule has 16 heteroatoms.